The van der Waals surface area contributed by atoms with E-state index in [0.29, 0.717) is 23.8 Å². The van der Waals surface area contributed by atoms with Gasteiger partial charge in [-0.25, -0.2) is 0 Å². The Bertz CT molecular complexity index is 787. The predicted octanol–water partition coefficient (Wildman–Crippen LogP) is 4.21. The molecule has 0 aromatic heterocycles. The van der Waals surface area contributed by atoms with Gasteiger partial charge in [-0.3, -0.25) is 4.79 Å². The Morgan fingerprint density at radius 1 is 1.15 bits per heavy atom. The van der Waals surface area contributed by atoms with Gasteiger partial charge in [-0.1, -0.05) is 31.0 Å². The quantitative estimate of drug-likeness (QED) is 0.818. The fourth-order valence-electron chi connectivity index (χ4n) is 3.96. The highest BCUT2D eigenvalue weighted by Gasteiger charge is 2.28. The van der Waals surface area contributed by atoms with E-state index < -0.39 is 0 Å². The van der Waals surface area contributed by atoms with Gasteiger partial charge in [-0.05, 0) is 48.2 Å². The second-order valence-electron chi connectivity index (χ2n) is 7.04. The maximum Gasteiger partial charge on any atom is 0.254 e. The van der Waals surface area contributed by atoms with E-state index in [9.17, 15) is 4.79 Å². The Morgan fingerprint density at radius 2 is 1.96 bits per heavy atom. The average molecular weight is 373 g/mol. The monoisotopic (exact) mass is 372 g/mol. The molecule has 1 aliphatic carbocycles. The number of carbonyl (C=O) groups excluding carboxylic acids is 1. The minimum atomic E-state index is 0. The van der Waals surface area contributed by atoms with E-state index >= 15 is 0 Å². The van der Waals surface area contributed by atoms with E-state index in [0.717, 1.165) is 31.6 Å². The molecular weight excluding hydrogens is 348 g/mol. The molecule has 4 nitrogen and oxygen atoms in total. The standard InChI is InChI=1S/C21H24N2O2.ClH/c22-18-5-3-4-17(13-18)21(24)23(19-6-1-2-7-19)14-15-8-9-20-16(12-15)10-11-25-20;/h3-5,8-9,12-13,19H,1-2,6-7,10-11,14,22H2;1H. The van der Waals surface area contributed by atoms with Crippen molar-refractivity contribution in [3.8, 4) is 5.75 Å². The number of ether oxygens (including phenoxy) is 1. The molecule has 2 aromatic rings. The molecule has 26 heavy (non-hydrogen) atoms. The minimum Gasteiger partial charge on any atom is -0.493 e. The Morgan fingerprint density at radius 3 is 2.73 bits per heavy atom. The molecule has 1 fully saturated rings. The van der Waals surface area contributed by atoms with Crippen molar-refractivity contribution in [2.24, 2.45) is 0 Å². The number of nitrogens with zero attached hydrogens (tertiary/aromatic N) is 1. The highest BCUT2D eigenvalue weighted by molar-refractivity contribution is 5.95. The van der Waals surface area contributed by atoms with E-state index in [2.05, 4.69) is 12.1 Å². The van der Waals surface area contributed by atoms with Gasteiger partial charge in [-0.2, -0.15) is 0 Å². The Balaban J connectivity index is 0.00000196. The maximum absolute atomic E-state index is 13.2. The highest BCUT2D eigenvalue weighted by atomic mass is 35.5. The molecule has 0 saturated heterocycles. The number of rotatable bonds is 4. The smallest absolute Gasteiger partial charge is 0.254 e. The van der Waals surface area contributed by atoms with E-state index in [4.69, 9.17) is 10.5 Å². The summed E-state index contributed by atoms with van der Waals surface area (Å²) < 4.78 is 5.59. The first-order valence-corrected chi connectivity index (χ1v) is 9.12. The summed E-state index contributed by atoms with van der Waals surface area (Å²) in [6.45, 7) is 1.40. The SMILES string of the molecule is Cl.Nc1cccc(C(=O)N(Cc2ccc3c(c2)CCO3)C2CCCC2)c1. The molecular formula is C21H25ClN2O2. The van der Waals surface area contributed by atoms with Crippen LogP contribution in [0.2, 0.25) is 0 Å². The van der Waals surface area contributed by atoms with Crippen LogP contribution in [0.5, 0.6) is 5.75 Å². The number of hydrogen-bond acceptors (Lipinski definition) is 3. The van der Waals surface area contributed by atoms with E-state index in [-0.39, 0.29) is 18.3 Å². The summed E-state index contributed by atoms with van der Waals surface area (Å²) in [7, 11) is 0. The first-order chi connectivity index (χ1) is 12.2. The highest BCUT2D eigenvalue weighted by Crippen LogP contribution is 2.30. The molecule has 0 bridgehead atoms. The molecule has 5 heteroatoms. The van der Waals surface area contributed by atoms with Gasteiger partial charge in [0.05, 0.1) is 6.61 Å². The van der Waals surface area contributed by atoms with Crippen LogP contribution in [0, 0.1) is 0 Å². The lowest BCUT2D eigenvalue weighted by Crippen LogP contribution is -2.38. The number of hydrogen-bond donors (Lipinski definition) is 1. The first kappa shape index (κ1) is 18.6. The van der Waals surface area contributed by atoms with Crippen molar-refractivity contribution in [1.82, 2.24) is 4.90 Å². The summed E-state index contributed by atoms with van der Waals surface area (Å²) in [6, 6.07) is 13.9. The van der Waals surface area contributed by atoms with Gasteiger partial charge in [0.1, 0.15) is 5.75 Å². The molecule has 1 heterocycles. The van der Waals surface area contributed by atoms with Crippen molar-refractivity contribution < 1.29 is 9.53 Å². The van der Waals surface area contributed by atoms with Gasteiger partial charge >= 0.3 is 0 Å². The van der Waals surface area contributed by atoms with Gasteiger partial charge < -0.3 is 15.4 Å². The number of halogens is 1. The Hall–Kier alpha value is -2.20. The zero-order valence-electron chi connectivity index (χ0n) is 14.8. The van der Waals surface area contributed by atoms with Gasteiger partial charge in [0.2, 0.25) is 0 Å². The Kier molecular flexibility index (Phi) is 5.72. The second kappa shape index (κ2) is 8.00. The molecule has 1 amide bonds. The molecule has 2 aliphatic rings. The van der Waals surface area contributed by atoms with E-state index in [1.54, 1.807) is 6.07 Å². The van der Waals surface area contributed by atoms with Crippen LogP contribution in [-0.4, -0.2) is 23.5 Å². The minimum absolute atomic E-state index is 0. The van der Waals surface area contributed by atoms with Crippen molar-refractivity contribution in [3.05, 3.63) is 59.2 Å². The molecule has 0 atom stereocenters. The summed E-state index contributed by atoms with van der Waals surface area (Å²) >= 11 is 0. The van der Waals surface area contributed by atoms with E-state index in [1.807, 2.05) is 29.2 Å². The summed E-state index contributed by atoms with van der Waals surface area (Å²) in [5, 5.41) is 0. The fraction of sp³-hybridized carbons (Fsp3) is 0.381. The molecule has 0 unspecified atom stereocenters. The first-order valence-electron chi connectivity index (χ1n) is 9.12. The summed E-state index contributed by atoms with van der Waals surface area (Å²) in [6.07, 6.45) is 5.52. The van der Waals surface area contributed by atoms with Crippen LogP contribution in [-0.2, 0) is 13.0 Å². The van der Waals surface area contributed by atoms with Crippen LogP contribution in [0.25, 0.3) is 0 Å². The van der Waals surface area contributed by atoms with Crippen LogP contribution >= 0.6 is 12.4 Å². The van der Waals surface area contributed by atoms with Crippen molar-refractivity contribution in [3.63, 3.8) is 0 Å². The summed E-state index contributed by atoms with van der Waals surface area (Å²) in [5.74, 6) is 1.06. The van der Waals surface area contributed by atoms with Gasteiger partial charge in [0, 0.05) is 30.3 Å². The van der Waals surface area contributed by atoms with Crippen LogP contribution < -0.4 is 10.5 Å². The topological polar surface area (TPSA) is 55.6 Å². The molecule has 0 spiro atoms. The molecule has 2 N–H and O–H groups in total. The number of amides is 1. The van der Waals surface area contributed by atoms with Crippen molar-refractivity contribution in [1.29, 1.82) is 0 Å². The zero-order valence-corrected chi connectivity index (χ0v) is 15.6. The predicted molar refractivity (Wildman–Crippen MR) is 106 cm³/mol. The second-order valence-corrected chi connectivity index (χ2v) is 7.04. The van der Waals surface area contributed by atoms with Crippen LogP contribution in [0.1, 0.15) is 47.2 Å². The normalized spacial score (nSPS) is 15.8. The number of benzene rings is 2. The van der Waals surface area contributed by atoms with E-state index in [1.165, 1.54) is 24.0 Å². The number of anilines is 1. The van der Waals surface area contributed by atoms with Crippen LogP contribution in [0.4, 0.5) is 5.69 Å². The lowest BCUT2D eigenvalue weighted by atomic mass is 10.1. The fourth-order valence-corrected chi connectivity index (χ4v) is 3.96. The van der Waals surface area contributed by atoms with Gasteiger partial charge in [0.15, 0.2) is 0 Å². The van der Waals surface area contributed by atoms with Crippen molar-refractivity contribution in [2.45, 2.75) is 44.7 Å². The largest absolute Gasteiger partial charge is 0.493 e. The molecule has 138 valence electrons. The summed E-state index contributed by atoms with van der Waals surface area (Å²) in [4.78, 5) is 15.2. The third-order valence-electron chi connectivity index (χ3n) is 5.27. The molecule has 0 radical (unpaired) electrons. The van der Waals surface area contributed by atoms with Gasteiger partial charge in [-0.15, -0.1) is 12.4 Å². The summed E-state index contributed by atoms with van der Waals surface area (Å²) in [5.41, 5.74) is 9.61. The van der Waals surface area contributed by atoms with Crippen LogP contribution in [0.15, 0.2) is 42.5 Å². The Labute approximate surface area is 160 Å². The molecule has 1 aliphatic heterocycles. The zero-order chi connectivity index (χ0) is 17.2. The van der Waals surface area contributed by atoms with Gasteiger partial charge in [0.25, 0.3) is 5.91 Å². The number of nitrogen functional groups attached to an aromatic ring is 1. The van der Waals surface area contributed by atoms with Crippen LogP contribution in [0.3, 0.4) is 0 Å². The molecule has 4 rings (SSSR count). The molecule has 2 aromatic carbocycles. The number of nitrogens with two attached hydrogens (primary N) is 1. The lowest BCUT2D eigenvalue weighted by Gasteiger charge is -2.29. The third kappa shape index (κ3) is 3.80. The average Bonchev–Trinajstić information content (AvgIpc) is 3.30. The maximum atomic E-state index is 13.2. The lowest BCUT2D eigenvalue weighted by molar-refractivity contribution is 0.0664. The molecule has 1 saturated carbocycles. The van der Waals surface area contributed by atoms with Crippen molar-refractivity contribution >= 4 is 24.0 Å². The third-order valence-corrected chi connectivity index (χ3v) is 5.27. The number of fused-ring (bicyclic) bond motifs is 1. The van der Waals surface area contributed by atoms with Crippen molar-refractivity contribution in [2.75, 3.05) is 12.3 Å². The number of carbonyl (C=O) groups is 1.